The van der Waals surface area contributed by atoms with E-state index in [2.05, 4.69) is 32.8 Å². The fraction of sp³-hybridized carbons (Fsp3) is 0.704. The van der Waals surface area contributed by atoms with Gasteiger partial charge in [0.15, 0.2) is 0 Å². The monoisotopic (exact) mass is 550 g/mol. The van der Waals surface area contributed by atoms with Gasteiger partial charge in [0.25, 0.3) is 5.91 Å². The summed E-state index contributed by atoms with van der Waals surface area (Å²) < 4.78 is 0.978. The molecule has 4 rings (SSSR count). The summed E-state index contributed by atoms with van der Waals surface area (Å²) in [6, 6.07) is 8.01. The van der Waals surface area contributed by atoms with Crippen molar-refractivity contribution < 1.29 is 9.59 Å². The molecule has 3 aliphatic carbocycles. The molecule has 3 saturated carbocycles. The molecule has 1 aromatic carbocycles. The van der Waals surface area contributed by atoms with Crippen LogP contribution in [-0.4, -0.2) is 34.8 Å². The van der Waals surface area contributed by atoms with Crippen molar-refractivity contribution in [3.8, 4) is 0 Å². The summed E-state index contributed by atoms with van der Waals surface area (Å²) in [7, 11) is 0. The third kappa shape index (κ3) is 5.87. The molecule has 0 saturated heterocycles. The lowest BCUT2D eigenvalue weighted by Crippen LogP contribution is -2.59. The lowest BCUT2D eigenvalue weighted by atomic mass is 9.80. The number of carbonyl (C=O) groups excluding carboxylic acids is 2. The van der Waals surface area contributed by atoms with Crippen LogP contribution in [0.15, 0.2) is 24.3 Å². The number of hydrogen-bond acceptors (Lipinski definition) is 2. The first-order valence-electron chi connectivity index (χ1n) is 13.0. The van der Waals surface area contributed by atoms with Gasteiger partial charge < -0.3 is 10.2 Å². The van der Waals surface area contributed by atoms with Gasteiger partial charge in [0.1, 0.15) is 6.04 Å². The second-order valence-electron chi connectivity index (χ2n) is 10.2. The molecule has 0 heterocycles. The average Bonchev–Trinajstić information content (AvgIpc) is 2.84. The predicted octanol–water partition coefficient (Wildman–Crippen LogP) is 6.46. The Labute approximate surface area is 207 Å². The zero-order valence-corrected chi connectivity index (χ0v) is 21.5. The maximum absolute atomic E-state index is 14.1. The molecule has 5 heteroatoms. The Hall–Kier alpha value is -1.11. The Kier molecular flexibility index (Phi) is 8.90. The quantitative estimate of drug-likeness (QED) is 0.413. The van der Waals surface area contributed by atoms with E-state index >= 15 is 0 Å². The van der Waals surface area contributed by atoms with E-state index in [0.717, 1.165) is 60.5 Å². The molecular formula is C27H39IN2O2. The highest BCUT2D eigenvalue weighted by atomic mass is 127. The number of nitrogens with zero attached hydrogens (tertiary/aromatic N) is 1. The number of halogens is 1. The molecule has 176 valence electrons. The van der Waals surface area contributed by atoms with E-state index in [-0.39, 0.29) is 35.9 Å². The summed E-state index contributed by atoms with van der Waals surface area (Å²) in [4.78, 5) is 30.1. The molecular weight excluding hydrogens is 511 g/mol. The zero-order valence-electron chi connectivity index (χ0n) is 19.4. The first kappa shape index (κ1) is 24.0. The molecule has 32 heavy (non-hydrogen) atoms. The minimum absolute atomic E-state index is 0.0660. The molecule has 1 aromatic rings. The van der Waals surface area contributed by atoms with Crippen LogP contribution in [0.3, 0.4) is 0 Å². The van der Waals surface area contributed by atoms with Gasteiger partial charge in [-0.05, 0) is 79.2 Å². The van der Waals surface area contributed by atoms with Crippen LogP contribution in [0.2, 0.25) is 0 Å². The highest BCUT2D eigenvalue weighted by molar-refractivity contribution is 14.1. The lowest BCUT2D eigenvalue weighted by molar-refractivity contribution is -0.130. The smallest absolute Gasteiger partial charge is 0.255 e. The highest BCUT2D eigenvalue weighted by Crippen LogP contribution is 2.35. The van der Waals surface area contributed by atoms with E-state index in [0.29, 0.717) is 0 Å². The van der Waals surface area contributed by atoms with E-state index in [9.17, 15) is 9.59 Å². The van der Waals surface area contributed by atoms with Gasteiger partial charge in [0, 0.05) is 15.7 Å². The van der Waals surface area contributed by atoms with Crippen molar-refractivity contribution >= 4 is 34.4 Å². The van der Waals surface area contributed by atoms with Crippen molar-refractivity contribution in [1.82, 2.24) is 10.2 Å². The van der Waals surface area contributed by atoms with Gasteiger partial charge in [-0.25, -0.2) is 0 Å². The van der Waals surface area contributed by atoms with Crippen LogP contribution in [-0.2, 0) is 4.79 Å². The molecule has 0 spiro atoms. The molecule has 1 unspecified atom stereocenters. The van der Waals surface area contributed by atoms with E-state index in [1.165, 1.54) is 44.9 Å². The van der Waals surface area contributed by atoms with Crippen LogP contribution in [0.5, 0.6) is 0 Å². The molecule has 2 amide bonds. The molecule has 0 bridgehead atoms. The fourth-order valence-corrected chi connectivity index (χ4v) is 6.82. The Balaban J connectivity index is 1.66. The SMILES string of the molecule is O=C(NC1CCCCC1)C(C1CCCCC1)N(C(=O)c1ccccc1I)C1CCCCC1. The normalized spacial score (nSPS) is 22.3. The molecule has 1 N–H and O–H groups in total. The summed E-state index contributed by atoms with van der Waals surface area (Å²) in [5, 5.41) is 3.42. The Morgan fingerprint density at radius 3 is 2.00 bits per heavy atom. The van der Waals surface area contributed by atoms with Crippen LogP contribution in [0.25, 0.3) is 0 Å². The molecule has 1 atom stereocenters. The Morgan fingerprint density at radius 1 is 0.812 bits per heavy atom. The third-order valence-electron chi connectivity index (χ3n) is 7.92. The number of amides is 2. The van der Waals surface area contributed by atoms with E-state index < -0.39 is 0 Å². The predicted molar refractivity (Wildman–Crippen MR) is 138 cm³/mol. The van der Waals surface area contributed by atoms with Crippen LogP contribution >= 0.6 is 22.6 Å². The number of nitrogens with one attached hydrogen (secondary N) is 1. The maximum atomic E-state index is 14.1. The van der Waals surface area contributed by atoms with Gasteiger partial charge in [-0.2, -0.15) is 0 Å². The van der Waals surface area contributed by atoms with Crippen molar-refractivity contribution in [3.05, 3.63) is 33.4 Å². The Bertz CT molecular complexity index is 765. The van der Waals surface area contributed by atoms with Crippen molar-refractivity contribution in [2.75, 3.05) is 0 Å². The van der Waals surface area contributed by atoms with E-state index in [1.807, 2.05) is 24.3 Å². The highest BCUT2D eigenvalue weighted by Gasteiger charge is 2.42. The van der Waals surface area contributed by atoms with E-state index in [1.54, 1.807) is 0 Å². The van der Waals surface area contributed by atoms with Gasteiger partial charge in [-0.15, -0.1) is 0 Å². The Morgan fingerprint density at radius 2 is 1.38 bits per heavy atom. The van der Waals surface area contributed by atoms with Crippen molar-refractivity contribution in [2.45, 2.75) is 114 Å². The third-order valence-corrected chi connectivity index (χ3v) is 8.86. The molecule has 3 aliphatic rings. The van der Waals surface area contributed by atoms with Crippen LogP contribution in [0.4, 0.5) is 0 Å². The van der Waals surface area contributed by atoms with Crippen molar-refractivity contribution in [3.63, 3.8) is 0 Å². The average molecular weight is 551 g/mol. The van der Waals surface area contributed by atoms with Crippen LogP contribution < -0.4 is 5.32 Å². The van der Waals surface area contributed by atoms with Gasteiger partial charge >= 0.3 is 0 Å². The fourth-order valence-electron chi connectivity index (χ4n) is 6.20. The molecule has 4 nitrogen and oxygen atoms in total. The molecule has 0 radical (unpaired) electrons. The van der Waals surface area contributed by atoms with Gasteiger partial charge in [-0.3, -0.25) is 9.59 Å². The number of rotatable bonds is 6. The van der Waals surface area contributed by atoms with Gasteiger partial charge in [0.05, 0.1) is 5.56 Å². The van der Waals surface area contributed by atoms with Crippen LogP contribution in [0, 0.1) is 9.49 Å². The second kappa shape index (κ2) is 11.8. The van der Waals surface area contributed by atoms with Gasteiger partial charge in [0.2, 0.25) is 5.91 Å². The number of benzene rings is 1. The zero-order chi connectivity index (χ0) is 22.3. The molecule has 3 fully saturated rings. The van der Waals surface area contributed by atoms with Crippen LogP contribution in [0.1, 0.15) is 107 Å². The van der Waals surface area contributed by atoms with Crippen molar-refractivity contribution in [1.29, 1.82) is 0 Å². The summed E-state index contributed by atoms with van der Waals surface area (Å²) in [6.45, 7) is 0. The second-order valence-corrected chi connectivity index (χ2v) is 11.3. The number of carbonyl (C=O) groups is 2. The molecule has 0 aromatic heterocycles. The summed E-state index contributed by atoms with van der Waals surface area (Å²) >= 11 is 2.27. The van der Waals surface area contributed by atoms with Crippen molar-refractivity contribution in [2.24, 2.45) is 5.92 Å². The topological polar surface area (TPSA) is 49.4 Å². The number of hydrogen-bond donors (Lipinski definition) is 1. The van der Waals surface area contributed by atoms with Gasteiger partial charge in [-0.1, -0.05) is 69.9 Å². The summed E-state index contributed by atoms with van der Waals surface area (Å²) in [5.74, 6) is 0.463. The lowest BCUT2D eigenvalue weighted by Gasteiger charge is -2.44. The first-order valence-corrected chi connectivity index (χ1v) is 14.1. The maximum Gasteiger partial charge on any atom is 0.255 e. The standard InChI is InChI=1S/C27H39IN2O2/c28-24-19-11-10-18-23(24)27(32)30(22-16-8-3-9-17-22)25(20-12-4-1-5-13-20)26(31)29-21-14-6-2-7-15-21/h10-11,18-22,25H,1-9,12-17H2,(H,29,31). The van der Waals surface area contributed by atoms with E-state index in [4.69, 9.17) is 0 Å². The largest absolute Gasteiger partial charge is 0.352 e. The molecule has 0 aliphatic heterocycles. The summed E-state index contributed by atoms with van der Waals surface area (Å²) in [6.07, 6.45) is 17.2. The minimum Gasteiger partial charge on any atom is -0.352 e. The minimum atomic E-state index is -0.330. The first-order chi connectivity index (χ1) is 15.6. The summed E-state index contributed by atoms with van der Waals surface area (Å²) in [5.41, 5.74) is 0.755.